The first-order valence-electron chi connectivity index (χ1n) is 16.3. The van der Waals surface area contributed by atoms with Crippen molar-refractivity contribution in [2.45, 2.75) is 38.3 Å². The second-order valence-electron chi connectivity index (χ2n) is 12.0. The molecule has 5 aromatic rings. The summed E-state index contributed by atoms with van der Waals surface area (Å²) in [5, 5.41) is 22.9. The monoisotopic (exact) mass is 688 g/mol. The van der Waals surface area contributed by atoms with Crippen LogP contribution in [0.1, 0.15) is 42.7 Å². The van der Waals surface area contributed by atoms with Crippen molar-refractivity contribution in [3.05, 3.63) is 132 Å². The van der Waals surface area contributed by atoms with E-state index in [1.165, 1.54) is 11.0 Å². The zero-order chi connectivity index (χ0) is 35.9. The Bertz CT molecular complexity index is 2130. The Hall–Kier alpha value is -6.36. The third-order valence-corrected chi connectivity index (χ3v) is 8.68. The molecule has 1 aliphatic heterocycles. The van der Waals surface area contributed by atoms with Crippen LogP contribution >= 0.6 is 0 Å². The maximum atomic E-state index is 14.4. The van der Waals surface area contributed by atoms with Crippen molar-refractivity contribution >= 4 is 45.8 Å². The van der Waals surface area contributed by atoms with Crippen LogP contribution in [-0.2, 0) is 25.7 Å². The molecule has 0 fully saturated rings. The lowest BCUT2D eigenvalue weighted by molar-refractivity contribution is -0.143. The lowest BCUT2D eigenvalue weighted by atomic mass is 9.87. The van der Waals surface area contributed by atoms with Crippen LogP contribution < -0.4 is 9.47 Å². The highest BCUT2D eigenvalue weighted by Gasteiger charge is 2.34. The van der Waals surface area contributed by atoms with E-state index in [1.807, 2.05) is 91.9 Å². The van der Waals surface area contributed by atoms with Gasteiger partial charge in [0, 0.05) is 18.5 Å². The van der Waals surface area contributed by atoms with Gasteiger partial charge in [0.15, 0.2) is 22.8 Å². The normalized spacial score (nSPS) is 13.9. The fourth-order valence-corrected chi connectivity index (χ4v) is 6.07. The van der Waals surface area contributed by atoms with Crippen molar-refractivity contribution in [2.75, 3.05) is 13.4 Å². The molecule has 11 heteroatoms. The summed E-state index contributed by atoms with van der Waals surface area (Å²) in [5.41, 5.74) is 2.26. The Labute approximate surface area is 293 Å². The van der Waals surface area contributed by atoms with Crippen molar-refractivity contribution in [1.82, 2.24) is 9.88 Å². The number of amides is 1. The molecule has 1 aliphatic rings. The molecule has 0 spiro atoms. The maximum Gasteiger partial charge on any atom is 0.338 e. The topological polar surface area (TPSA) is 149 Å². The molecule has 4 aromatic carbocycles. The zero-order valence-electron chi connectivity index (χ0n) is 27.9. The molecule has 6 rings (SSSR count). The number of esters is 1. The summed E-state index contributed by atoms with van der Waals surface area (Å²) in [6.45, 7) is 5.20. The molecule has 51 heavy (non-hydrogen) atoms. The lowest BCUT2D eigenvalue weighted by Crippen LogP contribution is -2.43. The van der Waals surface area contributed by atoms with Crippen molar-refractivity contribution in [3.8, 4) is 11.5 Å². The number of fused-ring (bicyclic) bond motifs is 3. The first-order chi connectivity index (χ1) is 24.7. The van der Waals surface area contributed by atoms with E-state index in [4.69, 9.17) is 18.6 Å². The van der Waals surface area contributed by atoms with Gasteiger partial charge in [0.1, 0.15) is 12.1 Å². The Morgan fingerprint density at radius 1 is 0.961 bits per heavy atom. The number of hydrogen-bond donors (Lipinski definition) is 2. The number of aliphatic hydroxyl groups is 1. The van der Waals surface area contributed by atoms with Crippen molar-refractivity contribution in [2.24, 2.45) is 0 Å². The summed E-state index contributed by atoms with van der Waals surface area (Å²) in [6.07, 6.45) is 4.42. The Balaban J connectivity index is 1.41. The molecule has 0 aliphatic carbocycles. The van der Waals surface area contributed by atoms with Gasteiger partial charge in [-0.15, -0.1) is 0 Å². The number of carboxylic acids is 1. The van der Waals surface area contributed by atoms with Gasteiger partial charge in [0.25, 0.3) is 5.91 Å². The number of aromatic nitrogens is 1. The SMILES string of the molecule is C=CCOC(=O)C(CC(=O)O)=C(O)C(=O)N(Cc1ccc2ccccc2c1)[C@H](C)[C@H](C/C=C/c1nc2ccccc2o1)c1ccc2c(c1)OCO2. The smallest absolute Gasteiger partial charge is 0.338 e. The van der Waals surface area contributed by atoms with Gasteiger partial charge >= 0.3 is 11.9 Å². The number of aliphatic hydroxyl groups excluding tert-OH is 1. The number of carbonyl (C=O) groups excluding carboxylic acids is 2. The molecule has 2 N–H and O–H groups in total. The second-order valence-corrected chi connectivity index (χ2v) is 12.0. The molecule has 260 valence electrons. The average molecular weight is 689 g/mol. The van der Waals surface area contributed by atoms with E-state index in [-0.39, 0.29) is 19.9 Å². The van der Waals surface area contributed by atoms with E-state index in [0.717, 1.165) is 27.4 Å². The molecule has 0 unspecified atom stereocenters. The minimum absolute atomic E-state index is 0.0207. The van der Waals surface area contributed by atoms with E-state index in [9.17, 15) is 24.6 Å². The molecule has 2 heterocycles. The number of ether oxygens (including phenoxy) is 3. The zero-order valence-corrected chi connectivity index (χ0v) is 27.9. The number of allylic oxidation sites excluding steroid dienone is 1. The fraction of sp³-hybridized carbons (Fsp3) is 0.200. The van der Waals surface area contributed by atoms with Gasteiger partial charge in [-0.2, -0.15) is 0 Å². The minimum Gasteiger partial charge on any atom is -0.503 e. The highest BCUT2D eigenvalue weighted by atomic mass is 16.7. The average Bonchev–Trinajstić information content (AvgIpc) is 3.79. The van der Waals surface area contributed by atoms with Gasteiger partial charge < -0.3 is 33.7 Å². The van der Waals surface area contributed by atoms with Crippen LogP contribution in [0.25, 0.3) is 27.9 Å². The van der Waals surface area contributed by atoms with E-state index in [1.54, 1.807) is 12.1 Å². The number of oxazole rings is 1. The summed E-state index contributed by atoms with van der Waals surface area (Å²) < 4.78 is 22.2. The lowest BCUT2D eigenvalue weighted by Gasteiger charge is -2.35. The number of carboxylic acid groups (broad SMARTS) is 1. The van der Waals surface area contributed by atoms with Gasteiger partial charge in [-0.05, 0) is 71.7 Å². The molecular weight excluding hydrogens is 652 g/mol. The van der Waals surface area contributed by atoms with E-state index < -0.39 is 47.6 Å². The second kappa shape index (κ2) is 15.5. The number of carbonyl (C=O) groups is 3. The summed E-state index contributed by atoms with van der Waals surface area (Å²) in [7, 11) is 0. The van der Waals surface area contributed by atoms with Gasteiger partial charge in [0.05, 0.1) is 12.0 Å². The predicted octanol–water partition coefficient (Wildman–Crippen LogP) is 7.33. The van der Waals surface area contributed by atoms with Crippen LogP contribution in [0.5, 0.6) is 11.5 Å². The highest BCUT2D eigenvalue weighted by Crippen LogP contribution is 2.38. The molecule has 1 aromatic heterocycles. The number of aliphatic carboxylic acids is 1. The van der Waals surface area contributed by atoms with Crippen LogP contribution in [0.4, 0.5) is 0 Å². The maximum absolute atomic E-state index is 14.4. The summed E-state index contributed by atoms with van der Waals surface area (Å²) >= 11 is 0. The van der Waals surface area contributed by atoms with Crippen molar-refractivity contribution < 1.29 is 43.2 Å². The van der Waals surface area contributed by atoms with Gasteiger partial charge in [0.2, 0.25) is 12.7 Å². The summed E-state index contributed by atoms with van der Waals surface area (Å²) in [4.78, 5) is 45.0. The van der Waals surface area contributed by atoms with Gasteiger partial charge in [-0.3, -0.25) is 9.59 Å². The summed E-state index contributed by atoms with van der Waals surface area (Å²) in [6, 6.07) is 25.9. The minimum atomic E-state index is -1.42. The Kier molecular flexibility index (Phi) is 10.5. The third kappa shape index (κ3) is 7.94. The van der Waals surface area contributed by atoms with E-state index >= 15 is 0 Å². The van der Waals surface area contributed by atoms with Crippen LogP contribution in [0.3, 0.4) is 0 Å². The quantitative estimate of drug-likeness (QED) is 0.0526. The summed E-state index contributed by atoms with van der Waals surface area (Å²) in [5.74, 6) is -3.35. The largest absolute Gasteiger partial charge is 0.503 e. The van der Waals surface area contributed by atoms with Crippen LogP contribution in [0.15, 0.2) is 119 Å². The number of benzene rings is 4. The van der Waals surface area contributed by atoms with Gasteiger partial charge in [-0.25, -0.2) is 9.78 Å². The molecule has 0 saturated carbocycles. The molecule has 0 saturated heterocycles. The van der Waals surface area contributed by atoms with Gasteiger partial charge in [-0.1, -0.05) is 73.3 Å². The highest BCUT2D eigenvalue weighted by molar-refractivity contribution is 6.03. The molecular formula is C40H36N2O9. The molecule has 1 amide bonds. The molecule has 2 atom stereocenters. The molecule has 0 bridgehead atoms. The number of para-hydroxylation sites is 2. The Morgan fingerprint density at radius 2 is 1.73 bits per heavy atom. The van der Waals surface area contributed by atoms with Crippen LogP contribution in [0, 0.1) is 0 Å². The van der Waals surface area contributed by atoms with Crippen molar-refractivity contribution in [3.63, 3.8) is 0 Å². The fourth-order valence-electron chi connectivity index (χ4n) is 6.07. The molecule has 0 radical (unpaired) electrons. The Morgan fingerprint density at radius 3 is 2.51 bits per heavy atom. The third-order valence-electron chi connectivity index (χ3n) is 8.68. The number of hydrogen-bond acceptors (Lipinski definition) is 9. The number of rotatable bonds is 14. The first kappa shape index (κ1) is 34.5. The van der Waals surface area contributed by atoms with Crippen LogP contribution in [-0.4, -0.2) is 57.4 Å². The standard InChI is InChI=1S/C40H36N2O9/c1-3-19-48-40(47)31(22-37(43)44)38(45)39(46)42(23-26-15-16-27-9-4-5-10-28(27)20-26)25(2)30(29-17-18-34-35(21-29)50-24-49-34)11-8-14-36-41-32-12-6-7-13-33(32)51-36/h3-10,12-18,20-21,25,30,45H,1,11,19,22-24H2,2H3,(H,43,44)/b14-8+,38-31?/t25-,30+/m1/s1. The first-order valence-corrected chi connectivity index (χ1v) is 16.3. The molecule has 11 nitrogen and oxygen atoms in total. The number of nitrogens with zero attached hydrogens (tertiary/aromatic N) is 2. The van der Waals surface area contributed by atoms with Crippen LogP contribution in [0.2, 0.25) is 0 Å². The predicted molar refractivity (Wildman–Crippen MR) is 190 cm³/mol. The van der Waals surface area contributed by atoms with E-state index in [2.05, 4.69) is 11.6 Å². The van der Waals surface area contributed by atoms with E-state index in [0.29, 0.717) is 29.4 Å². The van der Waals surface area contributed by atoms with Crippen molar-refractivity contribution in [1.29, 1.82) is 0 Å².